The lowest BCUT2D eigenvalue weighted by Gasteiger charge is -2.07. The number of carbonyl (C=O) groups is 1. The Labute approximate surface area is 81.8 Å². The Balaban J connectivity index is 2.13. The van der Waals surface area contributed by atoms with Crippen molar-refractivity contribution in [1.82, 2.24) is 14.9 Å². The average Bonchev–Trinajstić information content (AvgIpc) is 2.70. The molecule has 1 aliphatic heterocycles. The van der Waals surface area contributed by atoms with Crippen molar-refractivity contribution in [2.24, 2.45) is 0 Å². The molecule has 14 heavy (non-hydrogen) atoms. The molecule has 0 amide bonds. The number of nitrogens with one attached hydrogen (secondary N) is 1. The Hall–Kier alpha value is -1.36. The first-order valence-electron chi connectivity index (χ1n) is 4.63. The summed E-state index contributed by atoms with van der Waals surface area (Å²) in [4.78, 5) is 19.5. The van der Waals surface area contributed by atoms with E-state index in [1.807, 2.05) is 0 Å². The van der Waals surface area contributed by atoms with Gasteiger partial charge in [-0.1, -0.05) is 0 Å². The van der Waals surface area contributed by atoms with Crippen LogP contribution in [0.4, 0.5) is 0 Å². The number of rotatable bonds is 2. The van der Waals surface area contributed by atoms with Crippen molar-refractivity contribution in [3.8, 4) is 0 Å². The normalized spacial score (nSPS) is 22.8. The van der Waals surface area contributed by atoms with E-state index < -0.39 is 5.97 Å². The maximum atomic E-state index is 10.6. The molecule has 0 aliphatic carbocycles. The fraction of sp³-hybridized carbons (Fsp3) is 0.556. The molecular formula is C9H13N3O2. The van der Waals surface area contributed by atoms with Crippen molar-refractivity contribution in [3.05, 3.63) is 17.7 Å². The summed E-state index contributed by atoms with van der Waals surface area (Å²) >= 11 is 0. The van der Waals surface area contributed by atoms with E-state index in [4.69, 9.17) is 5.11 Å². The van der Waals surface area contributed by atoms with E-state index >= 15 is 0 Å². The van der Waals surface area contributed by atoms with Gasteiger partial charge < -0.3 is 15.0 Å². The molecule has 0 spiro atoms. The largest absolute Gasteiger partial charge is 0.475 e. The van der Waals surface area contributed by atoms with Gasteiger partial charge in [-0.2, -0.15) is 0 Å². The number of aromatic nitrogens is 2. The number of H-pyrrole nitrogens is 1. The molecule has 5 heteroatoms. The van der Waals surface area contributed by atoms with E-state index in [0.717, 1.165) is 25.2 Å². The van der Waals surface area contributed by atoms with Gasteiger partial charge in [0.2, 0.25) is 5.82 Å². The van der Waals surface area contributed by atoms with E-state index in [0.29, 0.717) is 5.92 Å². The lowest BCUT2D eigenvalue weighted by molar-refractivity contribution is 0.0684. The standard InChI is InChI=1S/C9H13N3O2/c1-12-3-2-6(5-12)7-4-10-8(11-7)9(13)14/h4,6H,2-3,5H2,1H3,(H,10,11)(H,13,14). The molecule has 2 N–H and O–H groups in total. The summed E-state index contributed by atoms with van der Waals surface area (Å²) in [6, 6.07) is 0. The molecule has 0 aromatic carbocycles. The van der Waals surface area contributed by atoms with Gasteiger partial charge in [0.05, 0.1) is 0 Å². The van der Waals surface area contributed by atoms with Gasteiger partial charge in [-0.25, -0.2) is 9.78 Å². The number of aromatic carboxylic acids is 1. The number of hydrogen-bond acceptors (Lipinski definition) is 3. The fourth-order valence-electron chi connectivity index (χ4n) is 1.84. The van der Waals surface area contributed by atoms with Crippen LogP contribution >= 0.6 is 0 Å². The molecule has 5 nitrogen and oxygen atoms in total. The zero-order valence-electron chi connectivity index (χ0n) is 8.03. The number of hydrogen-bond donors (Lipinski definition) is 2. The molecule has 1 atom stereocenters. The SMILES string of the molecule is CN1CCC(c2cnc(C(=O)O)[nH]2)C1. The van der Waals surface area contributed by atoms with E-state index in [1.54, 1.807) is 6.20 Å². The Morgan fingerprint density at radius 2 is 2.57 bits per heavy atom. The number of likely N-dealkylation sites (N-methyl/N-ethyl adjacent to an activating group) is 1. The highest BCUT2D eigenvalue weighted by molar-refractivity contribution is 5.83. The van der Waals surface area contributed by atoms with Gasteiger partial charge in [0, 0.05) is 24.4 Å². The van der Waals surface area contributed by atoms with E-state index in [-0.39, 0.29) is 5.82 Å². The second-order valence-electron chi connectivity index (χ2n) is 3.74. The first-order chi connectivity index (χ1) is 6.66. The minimum Gasteiger partial charge on any atom is -0.475 e. The monoisotopic (exact) mass is 195 g/mol. The lowest BCUT2D eigenvalue weighted by atomic mass is 10.1. The summed E-state index contributed by atoms with van der Waals surface area (Å²) in [6.07, 6.45) is 2.70. The number of nitrogens with zero attached hydrogens (tertiary/aromatic N) is 2. The highest BCUT2D eigenvalue weighted by Crippen LogP contribution is 2.24. The van der Waals surface area contributed by atoms with Crippen LogP contribution in [0.1, 0.15) is 28.7 Å². The Morgan fingerprint density at radius 1 is 1.79 bits per heavy atom. The third-order valence-corrected chi connectivity index (χ3v) is 2.63. The predicted molar refractivity (Wildman–Crippen MR) is 50.4 cm³/mol. The van der Waals surface area contributed by atoms with Crippen molar-refractivity contribution in [2.75, 3.05) is 20.1 Å². The summed E-state index contributed by atoms with van der Waals surface area (Å²) in [5, 5.41) is 8.69. The molecule has 2 rings (SSSR count). The number of aromatic amines is 1. The smallest absolute Gasteiger partial charge is 0.371 e. The minimum absolute atomic E-state index is 0.0366. The predicted octanol–water partition coefficient (Wildman–Crippen LogP) is 0.527. The third kappa shape index (κ3) is 1.63. The van der Waals surface area contributed by atoms with Crippen LogP contribution in [0.5, 0.6) is 0 Å². The maximum absolute atomic E-state index is 10.6. The zero-order valence-corrected chi connectivity index (χ0v) is 8.03. The molecule has 1 aliphatic rings. The quantitative estimate of drug-likeness (QED) is 0.722. The first-order valence-corrected chi connectivity index (χ1v) is 4.63. The van der Waals surface area contributed by atoms with Gasteiger partial charge in [0.1, 0.15) is 0 Å². The van der Waals surface area contributed by atoms with Crippen molar-refractivity contribution >= 4 is 5.97 Å². The van der Waals surface area contributed by atoms with Crippen LogP contribution in [0.2, 0.25) is 0 Å². The lowest BCUT2D eigenvalue weighted by Crippen LogP contribution is -2.13. The Kier molecular flexibility index (Phi) is 2.25. The van der Waals surface area contributed by atoms with Crippen molar-refractivity contribution in [1.29, 1.82) is 0 Å². The highest BCUT2D eigenvalue weighted by atomic mass is 16.4. The van der Waals surface area contributed by atoms with Gasteiger partial charge >= 0.3 is 5.97 Å². The Morgan fingerprint density at radius 3 is 3.07 bits per heavy atom. The molecule has 1 aromatic rings. The molecule has 1 aromatic heterocycles. The molecule has 1 saturated heterocycles. The number of likely N-dealkylation sites (tertiary alicyclic amines) is 1. The maximum Gasteiger partial charge on any atom is 0.371 e. The minimum atomic E-state index is -0.998. The van der Waals surface area contributed by atoms with Crippen LogP contribution < -0.4 is 0 Å². The average molecular weight is 195 g/mol. The summed E-state index contributed by atoms with van der Waals surface area (Å²) in [6.45, 7) is 2.04. The van der Waals surface area contributed by atoms with Crippen LogP contribution in [0, 0.1) is 0 Å². The van der Waals surface area contributed by atoms with E-state index in [2.05, 4.69) is 21.9 Å². The fourth-order valence-corrected chi connectivity index (χ4v) is 1.84. The molecular weight excluding hydrogens is 182 g/mol. The molecule has 76 valence electrons. The van der Waals surface area contributed by atoms with Gasteiger partial charge in [0.25, 0.3) is 0 Å². The van der Waals surface area contributed by atoms with Crippen LogP contribution in [-0.4, -0.2) is 46.1 Å². The van der Waals surface area contributed by atoms with Crippen molar-refractivity contribution in [2.45, 2.75) is 12.3 Å². The van der Waals surface area contributed by atoms with Crippen molar-refractivity contribution < 1.29 is 9.90 Å². The molecule has 2 heterocycles. The molecule has 1 unspecified atom stereocenters. The van der Waals surface area contributed by atoms with Crippen LogP contribution in [0.25, 0.3) is 0 Å². The second-order valence-corrected chi connectivity index (χ2v) is 3.74. The zero-order chi connectivity index (χ0) is 10.1. The molecule has 0 saturated carbocycles. The number of carboxylic acids is 1. The molecule has 1 fully saturated rings. The second kappa shape index (κ2) is 3.42. The van der Waals surface area contributed by atoms with E-state index in [1.165, 1.54) is 0 Å². The van der Waals surface area contributed by atoms with Gasteiger partial charge in [0.15, 0.2) is 0 Å². The number of imidazole rings is 1. The van der Waals surface area contributed by atoms with Crippen molar-refractivity contribution in [3.63, 3.8) is 0 Å². The summed E-state index contributed by atoms with van der Waals surface area (Å²) < 4.78 is 0. The van der Waals surface area contributed by atoms with Gasteiger partial charge in [-0.3, -0.25) is 0 Å². The summed E-state index contributed by atoms with van der Waals surface area (Å²) in [5.74, 6) is -0.558. The summed E-state index contributed by atoms with van der Waals surface area (Å²) in [5.41, 5.74) is 0.937. The highest BCUT2D eigenvalue weighted by Gasteiger charge is 2.23. The third-order valence-electron chi connectivity index (χ3n) is 2.63. The van der Waals surface area contributed by atoms with Crippen LogP contribution in [0.15, 0.2) is 6.20 Å². The molecule has 0 radical (unpaired) electrons. The van der Waals surface area contributed by atoms with Crippen LogP contribution in [0.3, 0.4) is 0 Å². The molecule has 0 bridgehead atoms. The first kappa shape index (κ1) is 9.21. The topological polar surface area (TPSA) is 69.2 Å². The van der Waals surface area contributed by atoms with E-state index in [9.17, 15) is 4.79 Å². The number of carboxylic acid groups (broad SMARTS) is 1. The van der Waals surface area contributed by atoms with Gasteiger partial charge in [-0.15, -0.1) is 0 Å². The Bertz CT molecular complexity index is 348. The van der Waals surface area contributed by atoms with Gasteiger partial charge in [-0.05, 0) is 20.0 Å². The summed E-state index contributed by atoms with van der Waals surface area (Å²) in [7, 11) is 2.06. The van der Waals surface area contributed by atoms with Crippen LogP contribution in [-0.2, 0) is 0 Å².